The van der Waals surface area contributed by atoms with Gasteiger partial charge in [-0.25, -0.2) is 0 Å². The van der Waals surface area contributed by atoms with Crippen LogP contribution in [0.5, 0.6) is 0 Å². The van der Waals surface area contributed by atoms with Crippen molar-refractivity contribution in [1.29, 1.82) is 0 Å². The Kier molecular flexibility index (Phi) is 8.01. The summed E-state index contributed by atoms with van der Waals surface area (Å²) >= 11 is -4.15. The molecule has 0 saturated heterocycles. The van der Waals surface area contributed by atoms with Gasteiger partial charge in [0.15, 0.2) is 0 Å². The second-order valence-corrected chi connectivity index (χ2v) is 11.3. The zero-order valence-electron chi connectivity index (χ0n) is 20.2. The summed E-state index contributed by atoms with van der Waals surface area (Å²) in [5.74, 6) is -2.09. The van der Waals surface area contributed by atoms with Crippen molar-refractivity contribution in [2.45, 2.75) is 41.5 Å². The van der Waals surface area contributed by atoms with Crippen LogP contribution in [-0.2, 0) is 10.6 Å². The van der Waals surface area contributed by atoms with Crippen molar-refractivity contribution in [1.82, 2.24) is 0 Å². The fraction of sp³-hybridized carbons (Fsp3) is 0.222. The van der Waals surface area contributed by atoms with Crippen molar-refractivity contribution in [3.8, 4) is 0 Å². The number of hydrogen-bond donors (Lipinski definition) is 0. The summed E-state index contributed by atoms with van der Waals surface area (Å²) in [6, 6.07) is 15.8. The van der Waals surface area contributed by atoms with E-state index in [0.29, 0.717) is 16.7 Å². The topological polar surface area (TPSA) is 78.9 Å². The van der Waals surface area contributed by atoms with Crippen molar-refractivity contribution >= 4 is 35.2 Å². The molecule has 6 nitrogen and oxygen atoms in total. The molecule has 0 amide bonds. The minimum atomic E-state index is -4.15. The Morgan fingerprint density at radius 3 is 0.853 bits per heavy atom. The zero-order chi connectivity index (χ0) is 25.0. The molecule has 0 aliphatic heterocycles. The first-order chi connectivity index (χ1) is 16.0. The molecule has 34 heavy (non-hydrogen) atoms. The van der Waals surface area contributed by atoms with Gasteiger partial charge < -0.3 is 0 Å². The van der Waals surface area contributed by atoms with E-state index in [-0.39, 0.29) is 0 Å². The first-order valence-electron chi connectivity index (χ1n) is 10.9. The number of carbonyl (C=O) groups is 3. The second kappa shape index (κ2) is 10.8. The number of aryl methyl sites for hydroxylation is 6. The first-order valence-corrected chi connectivity index (χ1v) is 13.8. The van der Waals surface area contributed by atoms with Gasteiger partial charge in [0, 0.05) is 0 Å². The summed E-state index contributed by atoms with van der Waals surface area (Å²) in [4.78, 5) is 38.6. The molecule has 0 heterocycles. The van der Waals surface area contributed by atoms with Crippen molar-refractivity contribution in [3.05, 3.63) is 105 Å². The molecule has 0 aliphatic carbocycles. The summed E-state index contributed by atoms with van der Waals surface area (Å²) in [5, 5.41) is 0. The van der Waals surface area contributed by atoms with E-state index in [1.54, 1.807) is 36.4 Å². The standard InChI is InChI=1S/3C9H10O2.Ga/c3*1-6-3-7(2)5-8(4-6)9(10)11;/h3*3-5H,1-2H3,(H,10,11);/q;;;+3/p-3. The van der Waals surface area contributed by atoms with E-state index < -0.39 is 35.2 Å². The number of benzene rings is 3. The minimum absolute atomic E-state index is 0.304. The first kappa shape index (κ1) is 25.3. The van der Waals surface area contributed by atoms with Crippen molar-refractivity contribution < 1.29 is 25.0 Å². The molecule has 0 atom stereocenters. The third kappa shape index (κ3) is 6.85. The predicted octanol–water partition coefficient (Wildman–Crippen LogP) is 5.39. The molecule has 0 fully saturated rings. The van der Waals surface area contributed by atoms with Crippen LogP contribution in [0.25, 0.3) is 0 Å². The third-order valence-electron chi connectivity index (χ3n) is 4.98. The van der Waals surface area contributed by atoms with Gasteiger partial charge in [-0.15, -0.1) is 0 Å². The monoisotopic (exact) mass is 516 g/mol. The SMILES string of the molecule is Cc1cc(C)cc(C(=O)[O][Ga]([O]C(=O)c2cc(C)cc(C)c2)[O]C(=O)c2cc(C)cc(C)c2)c1. The summed E-state index contributed by atoms with van der Waals surface area (Å²) in [6.45, 7) is 11.2. The molecule has 0 aromatic heterocycles. The quantitative estimate of drug-likeness (QED) is 0.408. The van der Waals surface area contributed by atoms with E-state index in [0.717, 1.165) is 33.4 Å². The van der Waals surface area contributed by atoms with Gasteiger partial charge in [-0.05, 0) is 0 Å². The van der Waals surface area contributed by atoms with Crippen LogP contribution in [0, 0.1) is 41.5 Å². The van der Waals surface area contributed by atoms with Crippen LogP contribution in [-0.4, -0.2) is 35.2 Å². The molecule has 0 unspecified atom stereocenters. The average molecular weight is 517 g/mol. The number of hydrogen-bond acceptors (Lipinski definition) is 6. The molecule has 0 saturated carbocycles. The third-order valence-corrected chi connectivity index (χ3v) is 7.54. The molecule has 3 aromatic rings. The van der Waals surface area contributed by atoms with Crippen LogP contribution in [0.1, 0.15) is 64.5 Å². The Hall–Kier alpha value is -3.29. The molecule has 0 spiro atoms. The Morgan fingerprint density at radius 2 is 0.647 bits per heavy atom. The summed E-state index contributed by atoms with van der Waals surface area (Å²) in [5.41, 5.74) is 6.22. The Balaban J connectivity index is 1.87. The van der Waals surface area contributed by atoms with Gasteiger partial charge in [-0.1, -0.05) is 0 Å². The number of carbonyl (C=O) groups excluding carboxylic acids is 3. The molecule has 3 rings (SSSR count). The molecule has 7 heteroatoms. The van der Waals surface area contributed by atoms with Crippen LogP contribution < -0.4 is 0 Å². The molecule has 0 N–H and O–H groups in total. The summed E-state index contributed by atoms with van der Waals surface area (Å²) in [6.07, 6.45) is 0. The van der Waals surface area contributed by atoms with Crippen LogP contribution in [0.4, 0.5) is 0 Å². The molecule has 174 valence electrons. The fourth-order valence-corrected chi connectivity index (χ4v) is 6.08. The Bertz CT molecular complexity index is 1050. The van der Waals surface area contributed by atoms with Crippen molar-refractivity contribution in [2.75, 3.05) is 0 Å². The van der Waals surface area contributed by atoms with Crippen molar-refractivity contribution in [2.24, 2.45) is 0 Å². The molecular formula is C27H27GaO6. The second-order valence-electron chi connectivity index (χ2n) is 8.63. The number of rotatable bonds is 6. The molecule has 0 radical (unpaired) electrons. The average Bonchev–Trinajstić information content (AvgIpc) is 2.71. The van der Waals surface area contributed by atoms with Crippen molar-refractivity contribution in [3.63, 3.8) is 0 Å². The maximum atomic E-state index is 12.9. The van der Waals surface area contributed by atoms with E-state index in [2.05, 4.69) is 0 Å². The van der Waals surface area contributed by atoms with Crippen LogP contribution in [0.2, 0.25) is 0 Å². The van der Waals surface area contributed by atoms with E-state index in [1.807, 2.05) is 59.7 Å². The normalized spacial score (nSPS) is 10.4. The summed E-state index contributed by atoms with van der Waals surface area (Å²) < 4.78 is 16.5. The van der Waals surface area contributed by atoms with E-state index in [1.165, 1.54) is 0 Å². The molecule has 0 bridgehead atoms. The van der Waals surface area contributed by atoms with Gasteiger partial charge >= 0.3 is 206 Å². The summed E-state index contributed by atoms with van der Waals surface area (Å²) in [7, 11) is 0. The maximum absolute atomic E-state index is 12.9. The predicted molar refractivity (Wildman–Crippen MR) is 130 cm³/mol. The molecule has 3 aromatic carbocycles. The van der Waals surface area contributed by atoms with Crippen LogP contribution >= 0.6 is 0 Å². The van der Waals surface area contributed by atoms with Crippen LogP contribution in [0.15, 0.2) is 54.6 Å². The molecule has 0 aliphatic rings. The van der Waals surface area contributed by atoms with Gasteiger partial charge in [-0.2, -0.15) is 0 Å². The van der Waals surface area contributed by atoms with Gasteiger partial charge in [-0.3, -0.25) is 0 Å². The zero-order valence-corrected chi connectivity index (χ0v) is 22.6. The van der Waals surface area contributed by atoms with Crippen LogP contribution in [0.3, 0.4) is 0 Å². The van der Waals surface area contributed by atoms with E-state index >= 15 is 0 Å². The van der Waals surface area contributed by atoms with E-state index in [9.17, 15) is 14.4 Å². The van der Waals surface area contributed by atoms with Gasteiger partial charge in [0.2, 0.25) is 0 Å². The Labute approximate surface area is 206 Å². The van der Waals surface area contributed by atoms with Gasteiger partial charge in [0.05, 0.1) is 0 Å². The van der Waals surface area contributed by atoms with E-state index in [4.69, 9.17) is 10.6 Å². The fourth-order valence-electron chi connectivity index (χ4n) is 3.82. The van der Waals surface area contributed by atoms with Gasteiger partial charge in [0.1, 0.15) is 0 Å². The van der Waals surface area contributed by atoms with Gasteiger partial charge in [0.25, 0.3) is 0 Å². The molecular weight excluding hydrogens is 490 g/mol. The Morgan fingerprint density at radius 1 is 0.441 bits per heavy atom.